The van der Waals surface area contributed by atoms with Crippen LogP contribution in [0.3, 0.4) is 0 Å². The van der Waals surface area contributed by atoms with Crippen LogP contribution in [0, 0.1) is 4.64 Å². The highest BCUT2D eigenvalue weighted by atomic mass is 32.1. The molecule has 0 atom stereocenters. The number of nitrogens with one attached hydrogen (secondary N) is 1. The lowest BCUT2D eigenvalue weighted by atomic mass is 10.1. The van der Waals surface area contributed by atoms with Crippen molar-refractivity contribution in [2.24, 2.45) is 0 Å². The van der Waals surface area contributed by atoms with E-state index in [9.17, 15) is 13.2 Å². The lowest BCUT2D eigenvalue weighted by Gasteiger charge is -2.09. The first-order chi connectivity index (χ1) is 8.44. The smallest absolute Gasteiger partial charge is 0.406 e. The second kappa shape index (κ2) is 4.77. The van der Waals surface area contributed by atoms with Gasteiger partial charge in [0.2, 0.25) is 0 Å². The van der Waals surface area contributed by atoms with Gasteiger partial charge >= 0.3 is 6.36 Å². The Morgan fingerprint density at radius 1 is 1.17 bits per heavy atom. The molecule has 18 heavy (non-hydrogen) atoms. The van der Waals surface area contributed by atoms with Gasteiger partial charge in [-0.1, -0.05) is 24.4 Å². The van der Waals surface area contributed by atoms with Crippen LogP contribution in [0.4, 0.5) is 13.2 Å². The first-order valence-corrected chi connectivity index (χ1v) is 5.27. The molecule has 2 rings (SSSR count). The van der Waals surface area contributed by atoms with E-state index < -0.39 is 6.36 Å². The van der Waals surface area contributed by atoms with Gasteiger partial charge in [0.1, 0.15) is 10.4 Å². The van der Waals surface area contributed by atoms with Gasteiger partial charge in [-0.3, -0.25) is 5.10 Å². The van der Waals surface area contributed by atoms with Crippen LogP contribution in [0.5, 0.6) is 5.75 Å². The minimum atomic E-state index is -4.71. The number of aromatic amines is 1. The minimum Gasteiger partial charge on any atom is -0.406 e. The topological polar surface area (TPSA) is 37.9 Å². The van der Waals surface area contributed by atoms with Gasteiger partial charge in [-0.15, -0.1) is 13.2 Å². The Balaban J connectivity index is 2.32. The maximum absolute atomic E-state index is 12.1. The van der Waals surface area contributed by atoms with Gasteiger partial charge in [0, 0.05) is 5.56 Å². The zero-order chi connectivity index (χ0) is 13.2. The molecule has 1 aromatic heterocycles. The number of hydrogen-bond donors (Lipinski definition) is 1. The number of nitrogens with zero attached hydrogens (tertiary/aromatic N) is 1. The molecule has 0 spiro atoms. The molecule has 0 bridgehead atoms. The number of ether oxygens (including phenoxy) is 1. The van der Waals surface area contributed by atoms with E-state index in [1.165, 1.54) is 18.2 Å². The molecule has 94 valence electrons. The first kappa shape index (κ1) is 12.6. The van der Waals surface area contributed by atoms with E-state index in [0.29, 0.717) is 15.9 Å². The predicted molar refractivity (Wildman–Crippen MR) is 61.5 cm³/mol. The normalized spacial score (nSPS) is 11.3. The molecule has 0 aliphatic carbocycles. The molecule has 1 aromatic carbocycles. The van der Waals surface area contributed by atoms with Gasteiger partial charge in [0.25, 0.3) is 0 Å². The fourth-order valence-corrected chi connectivity index (χ4v) is 1.47. The molecule has 2 aromatic rings. The van der Waals surface area contributed by atoms with Crippen molar-refractivity contribution >= 4 is 12.2 Å². The standard InChI is InChI=1S/C11H7F3N2OS/c12-11(13,14)17-8-3-1-2-7(6-8)9-4-5-10(18)16-15-9/h1-6H,(H,16,18). The number of H-pyrrole nitrogens is 1. The van der Waals surface area contributed by atoms with E-state index in [4.69, 9.17) is 12.2 Å². The Morgan fingerprint density at radius 2 is 1.94 bits per heavy atom. The third-order valence-corrected chi connectivity index (χ3v) is 2.27. The maximum Gasteiger partial charge on any atom is 0.573 e. The molecule has 0 saturated heterocycles. The third-order valence-electron chi connectivity index (χ3n) is 2.04. The molecular formula is C11H7F3N2OS. The monoisotopic (exact) mass is 272 g/mol. The molecule has 0 saturated carbocycles. The Bertz CT molecular complexity index is 589. The average molecular weight is 272 g/mol. The molecule has 1 heterocycles. The molecule has 0 aliphatic rings. The summed E-state index contributed by atoms with van der Waals surface area (Å²) >= 11 is 4.83. The molecule has 0 fully saturated rings. The van der Waals surface area contributed by atoms with Gasteiger partial charge in [0.15, 0.2) is 0 Å². The van der Waals surface area contributed by atoms with Crippen molar-refractivity contribution in [1.29, 1.82) is 0 Å². The van der Waals surface area contributed by atoms with Gasteiger partial charge in [-0.05, 0) is 24.3 Å². The zero-order valence-electron chi connectivity index (χ0n) is 8.86. The molecule has 0 amide bonds. The van der Waals surface area contributed by atoms with Crippen molar-refractivity contribution in [1.82, 2.24) is 10.2 Å². The van der Waals surface area contributed by atoms with E-state index >= 15 is 0 Å². The summed E-state index contributed by atoms with van der Waals surface area (Å²) in [5.74, 6) is -0.288. The number of rotatable bonds is 2. The van der Waals surface area contributed by atoms with E-state index in [0.717, 1.165) is 0 Å². The van der Waals surface area contributed by atoms with Gasteiger partial charge < -0.3 is 4.74 Å². The quantitative estimate of drug-likeness (QED) is 0.847. The summed E-state index contributed by atoms with van der Waals surface area (Å²) < 4.78 is 40.5. The van der Waals surface area contributed by atoms with Crippen molar-refractivity contribution in [2.45, 2.75) is 6.36 Å². The number of alkyl halides is 3. The molecule has 0 aliphatic heterocycles. The van der Waals surface area contributed by atoms with Gasteiger partial charge in [0.05, 0.1) is 5.69 Å². The third kappa shape index (κ3) is 3.30. The Labute approximate surface area is 105 Å². The van der Waals surface area contributed by atoms with E-state index in [1.807, 2.05) is 0 Å². The Kier molecular flexibility index (Phi) is 3.33. The Morgan fingerprint density at radius 3 is 2.56 bits per heavy atom. The van der Waals surface area contributed by atoms with Gasteiger partial charge in [-0.25, -0.2) is 0 Å². The van der Waals surface area contributed by atoms with Crippen LogP contribution >= 0.6 is 12.2 Å². The molecule has 0 radical (unpaired) electrons. The lowest BCUT2D eigenvalue weighted by Crippen LogP contribution is -2.17. The summed E-state index contributed by atoms with van der Waals surface area (Å²) in [5, 5.41) is 6.49. The molecule has 0 unspecified atom stereocenters. The molecule has 7 heteroatoms. The summed E-state index contributed by atoms with van der Waals surface area (Å²) in [6.45, 7) is 0. The minimum absolute atomic E-state index is 0.288. The predicted octanol–water partition coefficient (Wildman–Crippen LogP) is 3.70. The van der Waals surface area contributed by atoms with Crippen molar-refractivity contribution in [2.75, 3.05) is 0 Å². The first-order valence-electron chi connectivity index (χ1n) is 4.86. The van der Waals surface area contributed by atoms with Crippen LogP contribution in [0.15, 0.2) is 36.4 Å². The van der Waals surface area contributed by atoms with Crippen LogP contribution in [-0.4, -0.2) is 16.6 Å². The molecule has 1 N–H and O–H groups in total. The highest BCUT2D eigenvalue weighted by molar-refractivity contribution is 7.71. The fraction of sp³-hybridized carbons (Fsp3) is 0.0909. The van der Waals surface area contributed by atoms with Crippen LogP contribution in [0.25, 0.3) is 11.3 Å². The van der Waals surface area contributed by atoms with E-state index in [2.05, 4.69) is 14.9 Å². The number of hydrogen-bond acceptors (Lipinski definition) is 3. The summed E-state index contributed by atoms with van der Waals surface area (Å²) in [4.78, 5) is 0. The van der Waals surface area contributed by atoms with E-state index in [-0.39, 0.29) is 5.75 Å². The summed E-state index contributed by atoms with van der Waals surface area (Å²) in [5.41, 5.74) is 0.985. The Hall–Kier alpha value is -1.89. The number of benzene rings is 1. The van der Waals surface area contributed by atoms with Crippen LogP contribution < -0.4 is 4.74 Å². The van der Waals surface area contributed by atoms with Crippen LogP contribution in [0.1, 0.15) is 0 Å². The highest BCUT2D eigenvalue weighted by Crippen LogP contribution is 2.26. The van der Waals surface area contributed by atoms with E-state index in [1.54, 1.807) is 18.2 Å². The largest absolute Gasteiger partial charge is 0.573 e. The van der Waals surface area contributed by atoms with Crippen LogP contribution in [-0.2, 0) is 0 Å². The van der Waals surface area contributed by atoms with Crippen molar-refractivity contribution in [3.8, 4) is 17.0 Å². The van der Waals surface area contributed by atoms with Gasteiger partial charge in [-0.2, -0.15) is 5.10 Å². The van der Waals surface area contributed by atoms with Crippen molar-refractivity contribution in [3.63, 3.8) is 0 Å². The lowest BCUT2D eigenvalue weighted by molar-refractivity contribution is -0.274. The molecule has 3 nitrogen and oxygen atoms in total. The maximum atomic E-state index is 12.1. The molecular weight excluding hydrogens is 265 g/mol. The average Bonchev–Trinajstić information content (AvgIpc) is 2.28. The SMILES string of the molecule is FC(F)(F)Oc1cccc(-c2ccc(=S)[nH]n2)c1. The van der Waals surface area contributed by atoms with Crippen molar-refractivity contribution in [3.05, 3.63) is 41.0 Å². The van der Waals surface area contributed by atoms with Crippen molar-refractivity contribution < 1.29 is 17.9 Å². The van der Waals surface area contributed by atoms with Crippen LogP contribution in [0.2, 0.25) is 0 Å². The summed E-state index contributed by atoms with van der Waals surface area (Å²) in [6, 6.07) is 8.79. The summed E-state index contributed by atoms with van der Waals surface area (Å²) in [7, 11) is 0. The number of halogens is 3. The highest BCUT2D eigenvalue weighted by Gasteiger charge is 2.31. The fourth-order valence-electron chi connectivity index (χ4n) is 1.36. The number of aromatic nitrogens is 2. The second-order valence-electron chi connectivity index (χ2n) is 3.38. The second-order valence-corrected chi connectivity index (χ2v) is 3.82. The summed E-state index contributed by atoms with van der Waals surface area (Å²) in [6.07, 6.45) is -4.71. The zero-order valence-corrected chi connectivity index (χ0v) is 9.68.